The number of rotatable bonds is 7. The van der Waals surface area contributed by atoms with Crippen LogP contribution in [0.3, 0.4) is 0 Å². The standard InChI is InChI=1S/C15H19FN4O3/c1-3-12(22-13-6-4-5-11(16)7-13)8-17-15(21)18-9-14-19-10(2)23-20-14/h4-7,12H,3,8-9H2,1-2H3,(H2,17,18,21)/t12-/m0/s1. The Morgan fingerprint density at radius 2 is 2.26 bits per heavy atom. The second-order valence-electron chi connectivity index (χ2n) is 4.90. The van der Waals surface area contributed by atoms with E-state index in [0.717, 1.165) is 0 Å². The van der Waals surface area contributed by atoms with E-state index >= 15 is 0 Å². The van der Waals surface area contributed by atoms with Crippen LogP contribution in [0.5, 0.6) is 5.75 Å². The van der Waals surface area contributed by atoms with Gasteiger partial charge in [-0.25, -0.2) is 9.18 Å². The Labute approximate surface area is 133 Å². The van der Waals surface area contributed by atoms with Crippen LogP contribution in [0.1, 0.15) is 25.1 Å². The maximum atomic E-state index is 13.1. The number of ether oxygens (including phenoxy) is 1. The maximum Gasteiger partial charge on any atom is 0.315 e. The van der Waals surface area contributed by atoms with E-state index in [4.69, 9.17) is 9.26 Å². The van der Waals surface area contributed by atoms with E-state index < -0.39 is 0 Å². The molecule has 2 amide bonds. The summed E-state index contributed by atoms with van der Waals surface area (Å²) in [5, 5.41) is 8.98. The Hall–Kier alpha value is -2.64. The van der Waals surface area contributed by atoms with Crippen LogP contribution in [0.4, 0.5) is 9.18 Å². The summed E-state index contributed by atoms with van der Waals surface area (Å²) in [6.45, 7) is 4.06. The summed E-state index contributed by atoms with van der Waals surface area (Å²) in [6, 6.07) is 5.53. The Morgan fingerprint density at radius 3 is 2.91 bits per heavy atom. The molecular weight excluding hydrogens is 303 g/mol. The molecule has 2 aromatic rings. The Morgan fingerprint density at radius 1 is 1.43 bits per heavy atom. The van der Waals surface area contributed by atoms with Crippen LogP contribution in [0, 0.1) is 12.7 Å². The highest BCUT2D eigenvalue weighted by atomic mass is 19.1. The summed E-state index contributed by atoms with van der Waals surface area (Å²) in [4.78, 5) is 15.7. The Bertz CT molecular complexity index is 647. The van der Waals surface area contributed by atoms with Gasteiger partial charge in [-0.3, -0.25) is 0 Å². The lowest BCUT2D eigenvalue weighted by Gasteiger charge is -2.18. The van der Waals surface area contributed by atoms with Crippen molar-refractivity contribution in [3.63, 3.8) is 0 Å². The number of nitrogens with zero attached hydrogens (tertiary/aromatic N) is 2. The van der Waals surface area contributed by atoms with Crippen LogP contribution in [0.25, 0.3) is 0 Å². The first-order valence-corrected chi connectivity index (χ1v) is 7.30. The highest BCUT2D eigenvalue weighted by Gasteiger charge is 2.11. The fourth-order valence-electron chi connectivity index (χ4n) is 1.84. The molecule has 1 aromatic heterocycles. The molecule has 7 nitrogen and oxygen atoms in total. The lowest BCUT2D eigenvalue weighted by atomic mass is 10.2. The number of carbonyl (C=O) groups is 1. The minimum Gasteiger partial charge on any atom is -0.489 e. The topological polar surface area (TPSA) is 89.3 Å². The monoisotopic (exact) mass is 322 g/mol. The van der Waals surface area contributed by atoms with Crippen molar-refractivity contribution in [2.75, 3.05) is 6.54 Å². The fraction of sp³-hybridized carbons (Fsp3) is 0.400. The summed E-state index contributed by atoms with van der Waals surface area (Å²) >= 11 is 0. The van der Waals surface area contributed by atoms with E-state index in [2.05, 4.69) is 20.8 Å². The number of hydrogen-bond acceptors (Lipinski definition) is 5. The van der Waals surface area contributed by atoms with Gasteiger partial charge in [-0.1, -0.05) is 18.1 Å². The van der Waals surface area contributed by atoms with Crippen molar-refractivity contribution in [1.82, 2.24) is 20.8 Å². The maximum absolute atomic E-state index is 13.1. The molecule has 124 valence electrons. The third-order valence-corrected chi connectivity index (χ3v) is 3.02. The molecule has 1 heterocycles. The molecule has 0 aliphatic heterocycles. The first kappa shape index (κ1) is 16.7. The molecule has 0 bridgehead atoms. The molecule has 0 saturated heterocycles. The molecule has 0 radical (unpaired) electrons. The lowest BCUT2D eigenvalue weighted by molar-refractivity contribution is 0.189. The van der Waals surface area contributed by atoms with Crippen LogP contribution >= 0.6 is 0 Å². The van der Waals surface area contributed by atoms with Gasteiger partial charge in [0.2, 0.25) is 5.89 Å². The number of halogens is 1. The largest absolute Gasteiger partial charge is 0.489 e. The normalized spacial score (nSPS) is 11.8. The average Bonchev–Trinajstić information content (AvgIpc) is 2.95. The molecule has 0 aliphatic rings. The lowest BCUT2D eigenvalue weighted by Crippen LogP contribution is -2.41. The van der Waals surface area contributed by atoms with Gasteiger partial charge in [0.15, 0.2) is 5.82 Å². The van der Waals surface area contributed by atoms with Crippen LogP contribution in [0.15, 0.2) is 28.8 Å². The number of aromatic nitrogens is 2. The van der Waals surface area contributed by atoms with Crippen molar-refractivity contribution < 1.29 is 18.4 Å². The third-order valence-electron chi connectivity index (χ3n) is 3.02. The van der Waals surface area contributed by atoms with E-state index in [1.807, 2.05) is 6.92 Å². The van der Waals surface area contributed by atoms with Crippen LogP contribution in [-0.2, 0) is 6.54 Å². The van der Waals surface area contributed by atoms with Crippen molar-refractivity contribution in [2.45, 2.75) is 32.9 Å². The quantitative estimate of drug-likeness (QED) is 0.815. The second-order valence-corrected chi connectivity index (χ2v) is 4.90. The predicted molar refractivity (Wildman–Crippen MR) is 80.4 cm³/mol. The van der Waals surface area contributed by atoms with Crippen LogP contribution < -0.4 is 15.4 Å². The van der Waals surface area contributed by atoms with Crippen molar-refractivity contribution in [2.24, 2.45) is 0 Å². The molecule has 2 rings (SSSR count). The Balaban J connectivity index is 1.74. The molecule has 1 aromatic carbocycles. The molecule has 1 atom stereocenters. The highest BCUT2D eigenvalue weighted by molar-refractivity contribution is 5.73. The number of amides is 2. The van der Waals surface area contributed by atoms with Gasteiger partial charge >= 0.3 is 6.03 Å². The van der Waals surface area contributed by atoms with Gasteiger partial charge in [0.1, 0.15) is 17.7 Å². The van der Waals surface area contributed by atoms with E-state index in [9.17, 15) is 9.18 Å². The van der Waals surface area contributed by atoms with Gasteiger partial charge in [-0.2, -0.15) is 4.98 Å². The minimum absolute atomic E-state index is 0.171. The molecule has 0 saturated carbocycles. The van der Waals surface area contributed by atoms with E-state index in [1.165, 1.54) is 12.1 Å². The molecule has 23 heavy (non-hydrogen) atoms. The molecule has 0 spiro atoms. The summed E-state index contributed by atoms with van der Waals surface area (Å²) in [5.74, 6) is 0.914. The number of urea groups is 1. The zero-order chi connectivity index (χ0) is 16.7. The second kappa shape index (κ2) is 8.11. The summed E-state index contributed by atoms with van der Waals surface area (Å²) in [5.41, 5.74) is 0. The van der Waals surface area contributed by atoms with Crippen LogP contribution in [-0.4, -0.2) is 28.8 Å². The Kier molecular flexibility index (Phi) is 5.90. The number of nitrogens with one attached hydrogen (secondary N) is 2. The van der Waals surface area contributed by atoms with Gasteiger partial charge in [0.05, 0.1) is 13.1 Å². The summed E-state index contributed by atoms with van der Waals surface area (Å²) in [6.07, 6.45) is 0.413. The minimum atomic E-state index is -0.367. The fourth-order valence-corrected chi connectivity index (χ4v) is 1.84. The summed E-state index contributed by atoms with van der Waals surface area (Å²) in [7, 11) is 0. The SMILES string of the molecule is CC[C@@H](CNC(=O)NCc1noc(C)n1)Oc1cccc(F)c1. The number of carbonyl (C=O) groups excluding carboxylic acids is 1. The predicted octanol–water partition coefficient (Wildman–Crippen LogP) is 2.17. The zero-order valence-corrected chi connectivity index (χ0v) is 13.0. The first-order chi connectivity index (χ1) is 11.1. The number of hydrogen-bond donors (Lipinski definition) is 2. The van der Waals surface area contributed by atoms with Gasteiger partial charge in [-0.05, 0) is 18.6 Å². The van der Waals surface area contributed by atoms with Crippen molar-refractivity contribution in [3.05, 3.63) is 41.8 Å². The zero-order valence-electron chi connectivity index (χ0n) is 13.0. The van der Waals surface area contributed by atoms with Gasteiger partial charge in [0.25, 0.3) is 0 Å². The third kappa shape index (κ3) is 5.57. The highest BCUT2D eigenvalue weighted by Crippen LogP contribution is 2.14. The average molecular weight is 322 g/mol. The van der Waals surface area contributed by atoms with E-state index in [0.29, 0.717) is 30.4 Å². The molecule has 8 heteroatoms. The smallest absolute Gasteiger partial charge is 0.315 e. The number of aryl methyl sites for hydroxylation is 1. The van der Waals surface area contributed by atoms with Gasteiger partial charge in [0, 0.05) is 13.0 Å². The summed E-state index contributed by atoms with van der Waals surface area (Å²) < 4.78 is 23.6. The molecule has 2 N–H and O–H groups in total. The molecule has 0 unspecified atom stereocenters. The van der Waals surface area contributed by atoms with Gasteiger partial charge in [-0.15, -0.1) is 0 Å². The van der Waals surface area contributed by atoms with Crippen molar-refractivity contribution in [1.29, 1.82) is 0 Å². The van der Waals surface area contributed by atoms with Crippen molar-refractivity contribution in [3.8, 4) is 5.75 Å². The first-order valence-electron chi connectivity index (χ1n) is 7.30. The van der Waals surface area contributed by atoms with E-state index in [-0.39, 0.29) is 24.5 Å². The molecule has 0 aliphatic carbocycles. The van der Waals surface area contributed by atoms with Crippen LogP contribution in [0.2, 0.25) is 0 Å². The van der Waals surface area contributed by atoms with E-state index in [1.54, 1.807) is 19.1 Å². The number of benzene rings is 1. The van der Waals surface area contributed by atoms with Gasteiger partial charge < -0.3 is 19.9 Å². The molecular formula is C15H19FN4O3. The van der Waals surface area contributed by atoms with Crippen molar-refractivity contribution >= 4 is 6.03 Å². The molecule has 0 fully saturated rings.